The van der Waals surface area contributed by atoms with Gasteiger partial charge in [0.25, 0.3) is 5.91 Å². The van der Waals surface area contributed by atoms with Crippen molar-refractivity contribution in [2.24, 2.45) is 0 Å². The van der Waals surface area contributed by atoms with E-state index >= 15 is 0 Å². The Morgan fingerprint density at radius 1 is 1.30 bits per heavy atom. The van der Waals surface area contributed by atoms with Crippen LogP contribution in [0.3, 0.4) is 0 Å². The van der Waals surface area contributed by atoms with Gasteiger partial charge < -0.3 is 4.42 Å². The average Bonchev–Trinajstić information content (AvgIpc) is 3.01. The fourth-order valence-electron chi connectivity index (χ4n) is 1.91. The van der Waals surface area contributed by atoms with Gasteiger partial charge in [-0.25, -0.2) is 0 Å². The second-order valence-electron chi connectivity index (χ2n) is 4.82. The van der Waals surface area contributed by atoms with E-state index in [2.05, 4.69) is 5.43 Å². The van der Waals surface area contributed by atoms with Gasteiger partial charge in [0, 0.05) is 12.6 Å². The van der Waals surface area contributed by atoms with Gasteiger partial charge in [-0.2, -0.15) is 0 Å². The molecule has 0 bridgehead atoms. The minimum atomic E-state index is -0.631. The summed E-state index contributed by atoms with van der Waals surface area (Å²) in [7, 11) is 0. The van der Waals surface area contributed by atoms with Crippen molar-refractivity contribution < 1.29 is 14.1 Å². The first kappa shape index (κ1) is 16.3. The van der Waals surface area contributed by atoms with Gasteiger partial charge in [0.15, 0.2) is 0 Å². The topological polar surface area (TPSA) is 88.6 Å². The lowest BCUT2D eigenvalue weighted by molar-refractivity contribution is -0.402. The molecule has 7 heteroatoms. The lowest BCUT2D eigenvalue weighted by atomic mass is 10.2. The summed E-state index contributed by atoms with van der Waals surface area (Å²) in [6.45, 7) is 4.50. The van der Waals surface area contributed by atoms with Crippen LogP contribution in [0, 0.1) is 17.0 Å². The number of nitrogens with zero attached hydrogens (tertiary/aromatic N) is 2. The molecule has 0 saturated carbocycles. The Morgan fingerprint density at radius 3 is 2.57 bits per heavy atom. The van der Waals surface area contributed by atoms with Gasteiger partial charge in [-0.1, -0.05) is 17.7 Å². The molecular weight excluding hydrogens is 298 g/mol. The van der Waals surface area contributed by atoms with Crippen LogP contribution >= 0.6 is 0 Å². The van der Waals surface area contributed by atoms with Crippen LogP contribution in [0.2, 0.25) is 0 Å². The molecule has 1 N–H and O–H groups in total. The molecule has 1 heterocycles. The summed E-state index contributed by atoms with van der Waals surface area (Å²) in [5.74, 6) is -0.475. The van der Waals surface area contributed by atoms with E-state index in [1.807, 2.05) is 38.1 Å². The van der Waals surface area contributed by atoms with Crippen molar-refractivity contribution in [3.8, 4) is 0 Å². The van der Waals surface area contributed by atoms with Crippen LogP contribution in [0.25, 0.3) is 6.08 Å². The van der Waals surface area contributed by atoms with E-state index in [-0.39, 0.29) is 17.6 Å². The number of rotatable bonds is 6. The van der Waals surface area contributed by atoms with Crippen molar-refractivity contribution in [3.63, 3.8) is 0 Å². The van der Waals surface area contributed by atoms with Gasteiger partial charge >= 0.3 is 5.88 Å². The molecule has 120 valence electrons. The lowest BCUT2D eigenvalue weighted by Gasteiger charge is -2.23. The maximum Gasteiger partial charge on any atom is 0.433 e. The molecule has 0 aliphatic carbocycles. The van der Waals surface area contributed by atoms with E-state index in [4.69, 9.17) is 4.42 Å². The smallest absolute Gasteiger partial charge is 0.401 e. The number of benzene rings is 1. The number of amides is 1. The molecule has 0 spiro atoms. The van der Waals surface area contributed by atoms with E-state index in [0.29, 0.717) is 6.54 Å². The summed E-state index contributed by atoms with van der Waals surface area (Å²) in [5, 5.41) is 12.2. The fourth-order valence-corrected chi connectivity index (χ4v) is 1.91. The molecule has 0 aliphatic heterocycles. The number of aryl methyl sites for hydroxylation is 1. The van der Waals surface area contributed by atoms with Gasteiger partial charge in [0.05, 0.1) is 11.8 Å². The molecule has 2 rings (SSSR count). The monoisotopic (exact) mass is 315 g/mol. The Balaban J connectivity index is 2.00. The zero-order valence-corrected chi connectivity index (χ0v) is 12.9. The van der Waals surface area contributed by atoms with Crippen LogP contribution in [-0.4, -0.2) is 17.4 Å². The van der Waals surface area contributed by atoms with Gasteiger partial charge in [-0.15, -0.1) is 0 Å². The molecule has 0 unspecified atom stereocenters. The molecule has 0 aliphatic rings. The quantitative estimate of drug-likeness (QED) is 0.503. The predicted octanol–water partition coefficient (Wildman–Crippen LogP) is 3.07. The second-order valence-corrected chi connectivity index (χ2v) is 4.82. The van der Waals surface area contributed by atoms with Crippen molar-refractivity contribution in [2.75, 3.05) is 11.6 Å². The zero-order chi connectivity index (χ0) is 16.8. The first-order valence-corrected chi connectivity index (χ1v) is 7.06. The molecule has 0 atom stereocenters. The highest BCUT2D eigenvalue weighted by Gasteiger charge is 2.10. The minimum Gasteiger partial charge on any atom is -0.401 e. The number of hydrazine groups is 1. The summed E-state index contributed by atoms with van der Waals surface area (Å²) in [6, 6.07) is 10.4. The van der Waals surface area contributed by atoms with E-state index in [0.717, 1.165) is 11.3 Å². The molecule has 1 aromatic heterocycles. The van der Waals surface area contributed by atoms with Crippen molar-refractivity contribution in [1.82, 2.24) is 5.43 Å². The highest BCUT2D eigenvalue weighted by Crippen LogP contribution is 2.16. The van der Waals surface area contributed by atoms with Crippen molar-refractivity contribution in [3.05, 3.63) is 63.9 Å². The van der Waals surface area contributed by atoms with Crippen LogP contribution < -0.4 is 10.4 Å². The molecule has 1 amide bonds. The molecular formula is C16H17N3O4. The maximum atomic E-state index is 12.0. The molecule has 7 nitrogen and oxygen atoms in total. The zero-order valence-electron chi connectivity index (χ0n) is 12.9. The lowest BCUT2D eigenvalue weighted by Crippen LogP contribution is -2.41. The second kappa shape index (κ2) is 7.26. The molecule has 0 saturated heterocycles. The minimum absolute atomic E-state index is 0.241. The highest BCUT2D eigenvalue weighted by atomic mass is 16.6. The van der Waals surface area contributed by atoms with Crippen LogP contribution in [0.1, 0.15) is 18.2 Å². The standard InChI is InChI=1S/C16H17N3O4/c1-3-18(13-6-4-12(2)5-7-13)17-15(20)10-8-14-9-11-16(23-14)19(21)22/h4-11H,3H2,1-2H3,(H,17,20)/b10-8+. The molecule has 0 radical (unpaired) electrons. The van der Waals surface area contributed by atoms with E-state index in [1.54, 1.807) is 5.01 Å². The Kier molecular flexibility index (Phi) is 5.14. The van der Waals surface area contributed by atoms with E-state index in [1.165, 1.54) is 24.3 Å². The molecule has 2 aromatic rings. The van der Waals surface area contributed by atoms with Crippen molar-refractivity contribution >= 4 is 23.6 Å². The number of carbonyl (C=O) groups is 1. The Labute approximate surface area is 133 Å². The normalized spacial score (nSPS) is 10.7. The number of nitrogens with one attached hydrogen (secondary N) is 1. The van der Waals surface area contributed by atoms with Crippen LogP contribution in [0.4, 0.5) is 11.6 Å². The van der Waals surface area contributed by atoms with Crippen molar-refractivity contribution in [1.29, 1.82) is 0 Å². The first-order chi connectivity index (χ1) is 11.0. The summed E-state index contributed by atoms with van der Waals surface area (Å²) >= 11 is 0. The summed E-state index contributed by atoms with van der Waals surface area (Å²) < 4.78 is 4.95. The maximum absolute atomic E-state index is 12.0. The highest BCUT2D eigenvalue weighted by molar-refractivity contribution is 5.92. The van der Waals surface area contributed by atoms with Gasteiger partial charge in [0.2, 0.25) is 0 Å². The SMILES string of the molecule is CCN(NC(=O)/C=C/c1ccc([N+](=O)[O-])o1)c1ccc(C)cc1. The van der Waals surface area contributed by atoms with Crippen LogP contribution in [0.5, 0.6) is 0 Å². The number of carbonyl (C=O) groups excluding carboxylic acids is 1. The van der Waals surface area contributed by atoms with Gasteiger partial charge in [-0.05, 0) is 38.1 Å². The van der Waals surface area contributed by atoms with Gasteiger partial charge in [-0.3, -0.25) is 25.3 Å². The molecule has 0 fully saturated rings. The summed E-state index contributed by atoms with van der Waals surface area (Å²) in [6.07, 6.45) is 2.64. The Hall–Kier alpha value is -3.09. The van der Waals surface area contributed by atoms with Crippen LogP contribution in [-0.2, 0) is 4.79 Å². The number of furan rings is 1. The molecule has 1 aromatic carbocycles. The van der Waals surface area contributed by atoms with Crippen molar-refractivity contribution in [2.45, 2.75) is 13.8 Å². The van der Waals surface area contributed by atoms with Crippen LogP contribution in [0.15, 0.2) is 46.9 Å². The predicted molar refractivity (Wildman–Crippen MR) is 86.7 cm³/mol. The summed E-state index contributed by atoms with van der Waals surface area (Å²) in [5.41, 5.74) is 4.74. The summed E-state index contributed by atoms with van der Waals surface area (Å²) in [4.78, 5) is 21.8. The number of nitro groups is 1. The fraction of sp³-hybridized carbons (Fsp3) is 0.188. The first-order valence-electron chi connectivity index (χ1n) is 7.06. The number of hydrogen-bond acceptors (Lipinski definition) is 5. The number of anilines is 1. The third kappa shape index (κ3) is 4.44. The number of hydrogen-bond donors (Lipinski definition) is 1. The Bertz CT molecular complexity index is 719. The van der Waals surface area contributed by atoms with E-state index in [9.17, 15) is 14.9 Å². The Morgan fingerprint density at radius 2 is 2.00 bits per heavy atom. The van der Waals surface area contributed by atoms with E-state index < -0.39 is 4.92 Å². The third-order valence-electron chi connectivity index (χ3n) is 3.10. The van der Waals surface area contributed by atoms with Gasteiger partial charge in [0.1, 0.15) is 10.7 Å². The average molecular weight is 315 g/mol. The molecule has 23 heavy (non-hydrogen) atoms. The largest absolute Gasteiger partial charge is 0.433 e. The third-order valence-corrected chi connectivity index (χ3v) is 3.10.